The molecule has 1 aromatic heterocycles. The fraction of sp³-hybridized carbons (Fsp3) is 0.571. The zero-order valence-electron chi connectivity index (χ0n) is 12.2. The van der Waals surface area contributed by atoms with Crippen LogP contribution >= 0.6 is 0 Å². The summed E-state index contributed by atoms with van der Waals surface area (Å²) >= 11 is 0. The molecule has 0 aliphatic carbocycles. The molecule has 19 heavy (non-hydrogen) atoms. The molecular formula is C14H22FN3O. The highest BCUT2D eigenvalue weighted by Gasteiger charge is 2.23. The van der Waals surface area contributed by atoms with Crippen LogP contribution in [-0.4, -0.2) is 35.4 Å². The first-order valence-electron chi connectivity index (χ1n) is 6.51. The molecule has 0 unspecified atom stereocenters. The Kier molecular flexibility index (Phi) is 5.27. The summed E-state index contributed by atoms with van der Waals surface area (Å²) in [5.41, 5.74) is 0.275. The maximum Gasteiger partial charge on any atom is 0.257 e. The first-order valence-corrected chi connectivity index (χ1v) is 6.51. The van der Waals surface area contributed by atoms with Crippen molar-refractivity contribution in [2.24, 2.45) is 5.92 Å². The van der Waals surface area contributed by atoms with E-state index in [1.165, 1.54) is 6.07 Å². The van der Waals surface area contributed by atoms with Crippen molar-refractivity contribution in [1.29, 1.82) is 0 Å². The predicted octanol–water partition coefficient (Wildman–Crippen LogP) is 2.77. The highest BCUT2D eigenvalue weighted by Crippen LogP contribution is 2.18. The predicted molar refractivity (Wildman–Crippen MR) is 74.8 cm³/mol. The van der Waals surface area contributed by atoms with Crippen molar-refractivity contribution in [2.75, 3.05) is 18.9 Å². The molecule has 1 N–H and O–H groups in total. The summed E-state index contributed by atoms with van der Waals surface area (Å²) < 4.78 is 13.3. The van der Waals surface area contributed by atoms with Gasteiger partial charge in [0.1, 0.15) is 11.6 Å². The van der Waals surface area contributed by atoms with Crippen LogP contribution in [0.2, 0.25) is 0 Å². The minimum atomic E-state index is -0.504. The average molecular weight is 267 g/mol. The Balaban J connectivity index is 3.12. The SMILES string of the molecule is CNc1ncc(F)cc1C(=O)N(CC(C)C)C(C)C. The van der Waals surface area contributed by atoms with Crippen molar-refractivity contribution in [3.05, 3.63) is 23.6 Å². The van der Waals surface area contributed by atoms with Gasteiger partial charge >= 0.3 is 0 Å². The zero-order valence-corrected chi connectivity index (χ0v) is 12.2. The number of hydrogen-bond acceptors (Lipinski definition) is 3. The van der Waals surface area contributed by atoms with Crippen LogP contribution in [0.4, 0.5) is 10.2 Å². The molecule has 106 valence electrons. The Hall–Kier alpha value is -1.65. The Labute approximate surface area is 114 Å². The smallest absolute Gasteiger partial charge is 0.257 e. The number of nitrogens with zero attached hydrogens (tertiary/aromatic N) is 2. The van der Waals surface area contributed by atoms with Crippen LogP contribution in [0.15, 0.2) is 12.3 Å². The summed E-state index contributed by atoms with van der Waals surface area (Å²) in [5, 5.41) is 2.83. The molecule has 0 saturated heterocycles. The Bertz CT molecular complexity index is 446. The van der Waals surface area contributed by atoms with Gasteiger partial charge in [0, 0.05) is 19.6 Å². The number of carbonyl (C=O) groups is 1. The van der Waals surface area contributed by atoms with E-state index in [-0.39, 0.29) is 17.5 Å². The van der Waals surface area contributed by atoms with Gasteiger partial charge in [0.05, 0.1) is 11.8 Å². The van der Waals surface area contributed by atoms with Gasteiger partial charge in [0.15, 0.2) is 0 Å². The van der Waals surface area contributed by atoms with E-state index in [9.17, 15) is 9.18 Å². The molecule has 0 aromatic carbocycles. The molecule has 0 fully saturated rings. The van der Waals surface area contributed by atoms with Gasteiger partial charge in [-0.25, -0.2) is 9.37 Å². The molecule has 1 amide bonds. The van der Waals surface area contributed by atoms with E-state index in [0.717, 1.165) is 6.20 Å². The van der Waals surface area contributed by atoms with Crippen molar-refractivity contribution < 1.29 is 9.18 Å². The Morgan fingerprint density at radius 2 is 2.05 bits per heavy atom. The number of hydrogen-bond donors (Lipinski definition) is 1. The molecular weight excluding hydrogens is 245 g/mol. The van der Waals surface area contributed by atoms with Gasteiger partial charge in [-0.2, -0.15) is 0 Å². The first-order chi connectivity index (χ1) is 8.86. The lowest BCUT2D eigenvalue weighted by Crippen LogP contribution is -2.39. The van der Waals surface area contributed by atoms with E-state index >= 15 is 0 Å². The molecule has 0 aliphatic heterocycles. The molecule has 0 aliphatic rings. The van der Waals surface area contributed by atoms with Crippen molar-refractivity contribution in [2.45, 2.75) is 33.7 Å². The minimum Gasteiger partial charge on any atom is -0.372 e. The quantitative estimate of drug-likeness (QED) is 0.892. The fourth-order valence-corrected chi connectivity index (χ4v) is 1.88. The highest BCUT2D eigenvalue weighted by molar-refractivity contribution is 5.98. The molecule has 1 heterocycles. The van der Waals surface area contributed by atoms with Gasteiger partial charge < -0.3 is 10.2 Å². The topological polar surface area (TPSA) is 45.2 Å². The van der Waals surface area contributed by atoms with E-state index in [0.29, 0.717) is 18.3 Å². The van der Waals surface area contributed by atoms with E-state index in [4.69, 9.17) is 0 Å². The summed E-state index contributed by atoms with van der Waals surface area (Å²) in [6, 6.07) is 1.29. The number of nitrogens with one attached hydrogen (secondary N) is 1. The molecule has 0 atom stereocenters. The van der Waals surface area contributed by atoms with E-state index in [2.05, 4.69) is 10.3 Å². The largest absolute Gasteiger partial charge is 0.372 e. The van der Waals surface area contributed by atoms with Gasteiger partial charge in [-0.15, -0.1) is 0 Å². The van der Waals surface area contributed by atoms with Gasteiger partial charge in [0.2, 0.25) is 0 Å². The Morgan fingerprint density at radius 1 is 1.42 bits per heavy atom. The summed E-state index contributed by atoms with van der Waals surface area (Å²) in [7, 11) is 1.67. The lowest BCUT2D eigenvalue weighted by molar-refractivity contribution is 0.0682. The van der Waals surface area contributed by atoms with E-state index in [1.807, 2.05) is 27.7 Å². The molecule has 5 heteroatoms. The normalized spacial score (nSPS) is 10.9. The summed E-state index contributed by atoms with van der Waals surface area (Å²) in [5.74, 6) is 0.0577. The maximum absolute atomic E-state index is 13.3. The van der Waals surface area contributed by atoms with Crippen LogP contribution in [-0.2, 0) is 0 Å². The molecule has 1 rings (SSSR count). The lowest BCUT2D eigenvalue weighted by Gasteiger charge is -2.29. The summed E-state index contributed by atoms with van der Waals surface area (Å²) in [6.07, 6.45) is 1.10. The van der Waals surface area contributed by atoms with Crippen molar-refractivity contribution >= 4 is 11.7 Å². The van der Waals surface area contributed by atoms with E-state index in [1.54, 1.807) is 11.9 Å². The van der Waals surface area contributed by atoms with Crippen LogP contribution < -0.4 is 5.32 Å². The molecule has 4 nitrogen and oxygen atoms in total. The van der Waals surface area contributed by atoms with Crippen LogP contribution in [0.1, 0.15) is 38.1 Å². The molecule has 0 bridgehead atoms. The first kappa shape index (κ1) is 15.4. The van der Waals surface area contributed by atoms with Crippen molar-refractivity contribution in [3.8, 4) is 0 Å². The number of anilines is 1. The minimum absolute atomic E-state index is 0.0582. The number of amides is 1. The van der Waals surface area contributed by atoms with Crippen LogP contribution in [0, 0.1) is 11.7 Å². The lowest BCUT2D eigenvalue weighted by atomic mass is 10.1. The molecule has 1 aromatic rings. The number of rotatable bonds is 5. The van der Waals surface area contributed by atoms with E-state index < -0.39 is 5.82 Å². The van der Waals surface area contributed by atoms with Gasteiger partial charge in [-0.1, -0.05) is 13.8 Å². The monoisotopic (exact) mass is 267 g/mol. The average Bonchev–Trinajstić information content (AvgIpc) is 2.34. The van der Waals surface area contributed by atoms with Gasteiger partial charge in [0.25, 0.3) is 5.91 Å². The summed E-state index contributed by atoms with van der Waals surface area (Å²) in [6.45, 7) is 8.63. The number of halogens is 1. The van der Waals surface area contributed by atoms with Crippen LogP contribution in [0.25, 0.3) is 0 Å². The van der Waals surface area contributed by atoms with Crippen LogP contribution in [0.3, 0.4) is 0 Å². The fourth-order valence-electron chi connectivity index (χ4n) is 1.88. The molecule has 0 radical (unpaired) electrons. The van der Waals surface area contributed by atoms with Crippen molar-refractivity contribution in [3.63, 3.8) is 0 Å². The number of pyridine rings is 1. The second-order valence-corrected chi connectivity index (χ2v) is 5.24. The molecule has 0 saturated carbocycles. The second-order valence-electron chi connectivity index (χ2n) is 5.24. The van der Waals surface area contributed by atoms with Gasteiger partial charge in [-0.3, -0.25) is 4.79 Å². The third kappa shape index (κ3) is 3.91. The highest BCUT2D eigenvalue weighted by atomic mass is 19.1. The van der Waals surface area contributed by atoms with Crippen LogP contribution in [0.5, 0.6) is 0 Å². The van der Waals surface area contributed by atoms with Crippen molar-refractivity contribution in [1.82, 2.24) is 9.88 Å². The third-order valence-corrected chi connectivity index (χ3v) is 2.77. The molecule has 0 spiro atoms. The summed E-state index contributed by atoms with van der Waals surface area (Å²) in [4.78, 5) is 18.2. The zero-order chi connectivity index (χ0) is 14.6. The third-order valence-electron chi connectivity index (χ3n) is 2.77. The number of aromatic nitrogens is 1. The second kappa shape index (κ2) is 6.50. The number of carbonyl (C=O) groups excluding carboxylic acids is 1. The standard InChI is InChI=1S/C14H22FN3O/c1-9(2)8-18(10(3)4)14(19)12-6-11(15)7-17-13(12)16-5/h6-7,9-10H,8H2,1-5H3,(H,16,17). The Morgan fingerprint density at radius 3 is 2.53 bits per heavy atom. The van der Waals surface area contributed by atoms with Gasteiger partial charge in [-0.05, 0) is 25.8 Å². The maximum atomic E-state index is 13.3.